The van der Waals surface area contributed by atoms with Gasteiger partial charge in [0.15, 0.2) is 10.8 Å². The molecule has 0 aliphatic rings. The van der Waals surface area contributed by atoms with Crippen LogP contribution < -0.4 is 59.1 Å². The van der Waals surface area contributed by atoms with E-state index < -0.39 is 10.8 Å². The minimum absolute atomic E-state index is 0. The average Bonchev–Trinajstić information content (AvgIpc) is 1.65. The maximum absolute atomic E-state index is 9.56. The van der Waals surface area contributed by atoms with Crippen LogP contribution in [0.2, 0.25) is 0 Å². The number of hydrogen-bond acceptors (Lipinski definition) is 3. The molecule has 0 atom stereocenters. The molecule has 0 spiro atoms. The van der Waals surface area contributed by atoms with Gasteiger partial charge in [0, 0.05) is 0 Å². The van der Waals surface area contributed by atoms with Gasteiger partial charge in [-0.15, -0.1) is 0 Å². The Bertz CT molecular complexity index is 90.5. The van der Waals surface area contributed by atoms with Crippen molar-refractivity contribution in [3.63, 3.8) is 0 Å². The molecule has 0 aliphatic carbocycles. The molecule has 6 heteroatoms. The van der Waals surface area contributed by atoms with E-state index in [4.69, 9.17) is 0 Å². The summed E-state index contributed by atoms with van der Waals surface area (Å²) in [7, 11) is -1.90. The fourth-order valence-corrected chi connectivity index (χ4v) is 0.0680. The van der Waals surface area contributed by atoms with Crippen molar-refractivity contribution in [1.29, 1.82) is 0 Å². The van der Waals surface area contributed by atoms with Crippen LogP contribution in [0.3, 0.4) is 0 Å². The van der Waals surface area contributed by atoms with Gasteiger partial charge in [-0.2, -0.15) is 0 Å². The van der Waals surface area contributed by atoms with Crippen molar-refractivity contribution in [3.8, 4) is 0 Å². The summed E-state index contributed by atoms with van der Waals surface area (Å²) in [5.41, 5.74) is 0.153. The number of carbonyl (C=O) groups excluding carboxylic acids is 2. The second-order valence-electron chi connectivity index (χ2n) is 0.521. The van der Waals surface area contributed by atoms with Crippen LogP contribution in [-0.2, 0) is 20.4 Å². The monoisotopic (exact) mass is 154 g/mol. The maximum Gasteiger partial charge on any atom is 1.00 e. The molecule has 0 unspecified atom stereocenters. The Labute approximate surface area is 96.6 Å². The van der Waals surface area contributed by atoms with Gasteiger partial charge < -0.3 is 2.85 Å². The summed E-state index contributed by atoms with van der Waals surface area (Å²) in [6, 6.07) is 0. The van der Waals surface area contributed by atoms with E-state index in [1.807, 2.05) is 0 Å². The van der Waals surface area contributed by atoms with Crippen LogP contribution in [-0.4, -0.2) is 15.4 Å². The van der Waals surface area contributed by atoms with E-state index in [0.29, 0.717) is 0 Å². The molecular formula is C2H4Na2O3S. The number of hydrogen-bond donors (Lipinski definition) is 0. The first kappa shape index (κ1) is 16.2. The van der Waals surface area contributed by atoms with Crippen LogP contribution in [0.4, 0.5) is 0 Å². The summed E-state index contributed by atoms with van der Waals surface area (Å²) in [6.07, 6.45) is 0. The number of rotatable bonds is 2. The van der Waals surface area contributed by atoms with Crippen molar-refractivity contribution in [3.05, 3.63) is 0 Å². The van der Waals surface area contributed by atoms with E-state index in [1.54, 1.807) is 0 Å². The van der Waals surface area contributed by atoms with Gasteiger partial charge in [-0.3, -0.25) is 9.59 Å². The Hall–Kier alpha value is 1.49. The third-order valence-corrected chi connectivity index (χ3v) is 0.569. The van der Waals surface area contributed by atoms with E-state index in [2.05, 4.69) is 0 Å². The molecule has 0 amide bonds. The van der Waals surface area contributed by atoms with Gasteiger partial charge in [-0.1, -0.05) is 0 Å². The molecule has 38 valence electrons. The molecular weight excluding hydrogens is 150 g/mol. The molecule has 0 aliphatic heterocycles. The summed E-state index contributed by atoms with van der Waals surface area (Å²) in [4.78, 5) is 18.4. The van der Waals surface area contributed by atoms with Crippen LogP contribution >= 0.6 is 0 Å². The predicted molar refractivity (Wildman–Crippen MR) is 23.9 cm³/mol. The molecule has 0 aromatic heterocycles. The van der Waals surface area contributed by atoms with E-state index in [9.17, 15) is 13.8 Å². The SMILES string of the molecule is O=CS(=O)C=O.[H-].[H-].[Na+].[Na+]. The molecule has 0 saturated heterocycles. The quantitative estimate of drug-likeness (QED) is 0.293. The van der Waals surface area contributed by atoms with E-state index in [0.717, 1.165) is 0 Å². The van der Waals surface area contributed by atoms with Crippen LogP contribution in [0.15, 0.2) is 0 Å². The van der Waals surface area contributed by atoms with Gasteiger partial charge in [0.05, 0.1) is 0 Å². The van der Waals surface area contributed by atoms with Crippen molar-refractivity contribution in [2.24, 2.45) is 0 Å². The minimum Gasteiger partial charge on any atom is -1.00 e. The van der Waals surface area contributed by atoms with Gasteiger partial charge >= 0.3 is 59.1 Å². The smallest absolute Gasteiger partial charge is 1.00 e. The van der Waals surface area contributed by atoms with Gasteiger partial charge in [-0.25, -0.2) is 4.21 Å². The third-order valence-electron chi connectivity index (χ3n) is 0.190. The summed E-state index contributed by atoms with van der Waals surface area (Å²) < 4.78 is 9.56. The Morgan fingerprint density at radius 2 is 1.38 bits per heavy atom. The zero-order chi connectivity index (χ0) is 4.99. The van der Waals surface area contributed by atoms with Crippen LogP contribution in [0, 0.1) is 0 Å². The number of carbonyl (C=O) groups is 2. The first-order valence-corrected chi connectivity index (χ1v) is 2.39. The zero-order valence-electron chi connectivity index (χ0n) is 6.79. The van der Waals surface area contributed by atoms with Crippen molar-refractivity contribution < 1.29 is 75.8 Å². The minimum atomic E-state index is -1.90. The summed E-state index contributed by atoms with van der Waals surface area (Å²) in [6.45, 7) is 0. The zero-order valence-corrected chi connectivity index (χ0v) is 9.60. The molecule has 0 aromatic carbocycles. The van der Waals surface area contributed by atoms with Gasteiger partial charge in [0.25, 0.3) is 0 Å². The fraction of sp³-hybridized carbons (Fsp3) is 0. The van der Waals surface area contributed by atoms with Crippen LogP contribution in [0.1, 0.15) is 2.85 Å². The molecule has 0 saturated carbocycles. The first-order valence-electron chi connectivity index (χ1n) is 1.11. The molecule has 8 heavy (non-hydrogen) atoms. The van der Waals surface area contributed by atoms with Crippen LogP contribution in [0.25, 0.3) is 0 Å². The molecule has 0 bridgehead atoms. The van der Waals surface area contributed by atoms with Crippen molar-refractivity contribution in [1.82, 2.24) is 0 Å². The molecule has 0 heterocycles. The van der Waals surface area contributed by atoms with E-state index in [-0.39, 0.29) is 73.2 Å². The molecule has 0 fully saturated rings. The summed E-state index contributed by atoms with van der Waals surface area (Å²) in [5.74, 6) is 0. The fourth-order valence-electron chi connectivity index (χ4n) is 0.0227. The second-order valence-corrected chi connectivity index (χ2v) is 1.56. The van der Waals surface area contributed by atoms with Gasteiger partial charge in [0.1, 0.15) is 0 Å². The maximum atomic E-state index is 9.56. The molecule has 0 aromatic rings. The summed E-state index contributed by atoms with van der Waals surface area (Å²) >= 11 is 0. The third kappa shape index (κ3) is 10.5. The Kier molecular flexibility index (Phi) is 23.0. The Balaban J connectivity index is -0.0000000208. The average molecular weight is 154 g/mol. The normalized spacial score (nSPS) is 6.12. The molecule has 0 radical (unpaired) electrons. The predicted octanol–water partition coefficient (Wildman–Crippen LogP) is -6.65. The topological polar surface area (TPSA) is 51.2 Å². The van der Waals surface area contributed by atoms with E-state index >= 15 is 0 Å². The summed E-state index contributed by atoms with van der Waals surface area (Å²) in [5, 5.41) is 0. The van der Waals surface area contributed by atoms with E-state index in [1.165, 1.54) is 0 Å². The largest absolute Gasteiger partial charge is 1.00 e. The van der Waals surface area contributed by atoms with Crippen molar-refractivity contribution in [2.75, 3.05) is 0 Å². The van der Waals surface area contributed by atoms with Crippen LogP contribution in [0.5, 0.6) is 0 Å². The van der Waals surface area contributed by atoms with Gasteiger partial charge in [0.2, 0.25) is 11.2 Å². The van der Waals surface area contributed by atoms with Crippen molar-refractivity contribution in [2.45, 2.75) is 0 Å². The van der Waals surface area contributed by atoms with Crippen molar-refractivity contribution >= 4 is 22.0 Å². The van der Waals surface area contributed by atoms with Gasteiger partial charge in [-0.05, 0) is 0 Å². The molecule has 0 N–H and O–H groups in total. The standard InChI is InChI=1S/C2H2O3S.2Na.2H/c3-1-6(5)2-4;;;;/h1-2H;;;;/q;2*+1;2*-1. The molecule has 3 nitrogen and oxygen atoms in total. The molecule has 0 rings (SSSR count). The second kappa shape index (κ2) is 11.3. The first-order chi connectivity index (χ1) is 2.81. The Morgan fingerprint density at radius 1 is 1.12 bits per heavy atom. The Morgan fingerprint density at radius 3 is 1.38 bits per heavy atom.